The Morgan fingerprint density at radius 2 is 2.60 bits per heavy atom. The largest absolute Gasteiger partial charge is 0.465 e. The van der Waals surface area contributed by atoms with Crippen LogP contribution in [0.2, 0.25) is 0 Å². The number of rotatable bonds is 1. The molecule has 0 aliphatic heterocycles. The number of hydrogen-bond donors (Lipinski definition) is 0. The maximum atomic E-state index is 8.27. The molecule has 0 radical (unpaired) electrons. The summed E-state index contributed by atoms with van der Waals surface area (Å²) in [4.78, 5) is 0. The second-order valence-electron chi connectivity index (χ2n) is 1.93. The van der Waals surface area contributed by atoms with E-state index in [9.17, 15) is 0 Å². The molecule has 2 nitrogen and oxygen atoms in total. The van der Waals surface area contributed by atoms with Crippen LogP contribution in [-0.4, -0.2) is 0 Å². The lowest BCUT2D eigenvalue weighted by Gasteiger charge is -1.88. The average molecular weight is 133 g/mol. The van der Waals surface area contributed by atoms with Gasteiger partial charge in [-0.25, -0.2) is 0 Å². The summed E-state index contributed by atoms with van der Waals surface area (Å²) < 4.78 is 5.03. The predicted molar refractivity (Wildman–Crippen MR) is 38.0 cm³/mol. The summed E-state index contributed by atoms with van der Waals surface area (Å²) in [7, 11) is 0. The molecule has 0 atom stereocenters. The van der Waals surface area contributed by atoms with Gasteiger partial charge in [0.25, 0.3) is 0 Å². The Kier molecular flexibility index (Phi) is 1.91. The van der Waals surface area contributed by atoms with Crippen molar-refractivity contribution in [2.24, 2.45) is 0 Å². The van der Waals surface area contributed by atoms with Crippen molar-refractivity contribution in [3.8, 4) is 6.07 Å². The molecular weight excluding hydrogens is 126 g/mol. The Labute approximate surface area is 59.4 Å². The zero-order valence-corrected chi connectivity index (χ0v) is 5.66. The van der Waals surface area contributed by atoms with E-state index in [1.54, 1.807) is 12.3 Å². The third-order valence-electron chi connectivity index (χ3n) is 1.19. The van der Waals surface area contributed by atoms with Gasteiger partial charge in [-0.05, 0) is 19.1 Å². The Balaban J connectivity index is 2.90. The van der Waals surface area contributed by atoms with Gasteiger partial charge in [0.05, 0.1) is 12.3 Å². The highest BCUT2D eigenvalue weighted by Gasteiger charge is 1.95. The minimum Gasteiger partial charge on any atom is -0.465 e. The van der Waals surface area contributed by atoms with Crippen molar-refractivity contribution in [3.63, 3.8) is 0 Å². The molecule has 0 fully saturated rings. The van der Waals surface area contributed by atoms with E-state index < -0.39 is 0 Å². The first-order valence-electron chi connectivity index (χ1n) is 2.95. The molecule has 0 unspecified atom stereocenters. The molecule has 0 aliphatic carbocycles. The van der Waals surface area contributed by atoms with E-state index in [0.717, 1.165) is 11.3 Å². The SMILES string of the molecule is C/C(=C\C#N)c1ccco1. The van der Waals surface area contributed by atoms with Gasteiger partial charge in [-0.2, -0.15) is 5.26 Å². The lowest BCUT2D eigenvalue weighted by atomic mass is 10.2. The van der Waals surface area contributed by atoms with Crippen molar-refractivity contribution >= 4 is 5.57 Å². The first-order valence-corrected chi connectivity index (χ1v) is 2.95. The van der Waals surface area contributed by atoms with Crippen molar-refractivity contribution in [2.75, 3.05) is 0 Å². The minimum atomic E-state index is 0.751. The van der Waals surface area contributed by atoms with E-state index in [4.69, 9.17) is 9.68 Å². The number of allylic oxidation sites excluding steroid dienone is 2. The molecule has 10 heavy (non-hydrogen) atoms. The molecule has 0 aliphatic rings. The number of hydrogen-bond acceptors (Lipinski definition) is 2. The monoisotopic (exact) mass is 133 g/mol. The molecule has 50 valence electrons. The van der Waals surface area contributed by atoms with Gasteiger partial charge >= 0.3 is 0 Å². The van der Waals surface area contributed by atoms with Crippen LogP contribution < -0.4 is 0 Å². The molecule has 0 N–H and O–H groups in total. The number of nitriles is 1. The molecule has 0 aromatic carbocycles. The van der Waals surface area contributed by atoms with E-state index in [1.807, 2.05) is 19.1 Å². The van der Waals surface area contributed by atoms with Crippen molar-refractivity contribution in [3.05, 3.63) is 30.2 Å². The zero-order chi connectivity index (χ0) is 7.40. The van der Waals surface area contributed by atoms with Gasteiger partial charge in [-0.3, -0.25) is 0 Å². The predicted octanol–water partition coefficient (Wildman–Crippen LogP) is 2.21. The van der Waals surface area contributed by atoms with Crippen LogP contribution in [0.5, 0.6) is 0 Å². The summed E-state index contributed by atoms with van der Waals surface area (Å²) in [5.41, 5.74) is 0.854. The Hall–Kier alpha value is -1.49. The number of furan rings is 1. The highest BCUT2D eigenvalue weighted by atomic mass is 16.3. The summed E-state index contributed by atoms with van der Waals surface area (Å²) in [6.45, 7) is 1.84. The van der Waals surface area contributed by atoms with Crippen LogP contribution in [0.1, 0.15) is 12.7 Å². The maximum Gasteiger partial charge on any atom is 0.130 e. The Bertz CT molecular complexity index is 264. The highest BCUT2D eigenvalue weighted by Crippen LogP contribution is 2.12. The fourth-order valence-electron chi connectivity index (χ4n) is 0.671. The van der Waals surface area contributed by atoms with E-state index >= 15 is 0 Å². The molecule has 0 amide bonds. The molecule has 0 bridgehead atoms. The molecule has 0 spiro atoms. The van der Waals surface area contributed by atoms with Crippen LogP contribution in [0.4, 0.5) is 0 Å². The molecule has 1 aromatic heterocycles. The van der Waals surface area contributed by atoms with Gasteiger partial charge in [0.2, 0.25) is 0 Å². The van der Waals surface area contributed by atoms with E-state index in [1.165, 1.54) is 6.08 Å². The normalized spacial score (nSPS) is 11.0. The van der Waals surface area contributed by atoms with Crippen LogP contribution in [0.15, 0.2) is 28.9 Å². The van der Waals surface area contributed by atoms with Crippen molar-refractivity contribution in [2.45, 2.75) is 6.92 Å². The fraction of sp³-hybridized carbons (Fsp3) is 0.125. The van der Waals surface area contributed by atoms with Crippen LogP contribution >= 0.6 is 0 Å². The van der Waals surface area contributed by atoms with Crippen LogP contribution in [0.25, 0.3) is 5.57 Å². The van der Waals surface area contributed by atoms with E-state index in [-0.39, 0.29) is 0 Å². The molecule has 1 rings (SSSR count). The second kappa shape index (κ2) is 2.88. The van der Waals surface area contributed by atoms with E-state index in [0.29, 0.717) is 0 Å². The van der Waals surface area contributed by atoms with Gasteiger partial charge in [-0.15, -0.1) is 0 Å². The standard InChI is InChI=1S/C8H7NO/c1-7(4-5-9)8-3-2-6-10-8/h2-4,6H,1H3/b7-4+. The van der Waals surface area contributed by atoms with Gasteiger partial charge in [0.15, 0.2) is 0 Å². The Morgan fingerprint density at radius 1 is 1.80 bits per heavy atom. The van der Waals surface area contributed by atoms with Crippen molar-refractivity contribution < 1.29 is 4.42 Å². The summed E-state index contributed by atoms with van der Waals surface area (Å²) in [6.07, 6.45) is 3.04. The average Bonchev–Trinajstić information content (AvgIpc) is 2.38. The summed E-state index contributed by atoms with van der Waals surface area (Å²) >= 11 is 0. The summed E-state index contributed by atoms with van der Waals surface area (Å²) in [5, 5.41) is 8.27. The van der Waals surface area contributed by atoms with Crippen LogP contribution in [-0.2, 0) is 0 Å². The molecule has 0 saturated carbocycles. The van der Waals surface area contributed by atoms with Gasteiger partial charge in [0.1, 0.15) is 5.76 Å². The smallest absolute Gasteiger partial charge is 0.130 e. The van der Waals surface area contributed by atoms with Gasteiger partial charge < -0.3 is 4.42 Å². The van der Waals surface area contributed by atoms with Gasteiger partial charge in [-0.1, -0.05) is 0 Å². The first kappa shape index (κ1) is 6.63. The first-order chi connectivity index (χ1) is 4.84. The fourth-order valence-corrected chi connectivity index (χ4v) is 0.671. The molecule has 2 heteroatoms. The Morgan fingerprint density at radius 3 is 3.10 bits per heavy atom. The maximum absolute atomic E-state index is 8.27. The summed E-state index contributed by atoms with van der Waals surface area (Å²) in [5.74, 6) is 0.751. The topological polar surface area (TPSA) is 36.9 Å². The molecular formula is C8H7NO. The highest BCUT2D eigenvalue weighted by molar-refractivity contribution is 5.61. The van der Waals surface area contributed by atoms with Crippen molar-refractivity contribution in [1.29, 1.82) is 5.26 Å². The second-order valence-corrected chi connectivity index (χ2v) is 1.93. The number of nitrogens with zero attached hydrogens (tertiary/aromatic N) is 1. The van der Waals surface area contributed by atoms with Crippen LogP contribution in [0.3, 0.4) is 0 Å². The molecule has 1 heterocycles. The lowest BCUT2D eigenvalue weighted by molar-refractivity contribution is 0.553. The van der Waals surface area contributed by atoms with Gasteiger partial charge in [0, 0.05) is 11.6 Å². The minimum absolute atomic E-state index is 0.751. The molecule has 0 saturated heterocycles. The van der Waals surface area contributed by atoms with Crippen molar-refractivity contribution in [1.82, 2.24) is 0 Å². The quantitative estimate of drug-likeness (QED) is 0.550. The third-order valence-corrected chi connectivity index (χ3v) is 1.19. The third kappa shape index (κ3) is 1.26. The van der Waals surface area contributed by atoms with E-state index in [2.05, 4.69) is 0 Å². The lowest BCUT2D eigenvalue weighted by Crippen LogP contribution is -1.70. The summed E-state index contributed by atoms with van der Waals surface area (Å²) in [6, 6.07) is 5.55. The zero-order valence-electron chi connectivity index (χ0n) is 5.66. The van der Waals surface area contributed by atoms with Crippen LogP contribution in [0, 0.1) is 11.3 Å². The molecule has 1 aromatic rings.